The summed E-state index contributed by atoms with van der Waals surface area (Å²) in [4.78, 5) is 20.6. The van der Waals surface area contributed by atoms with Crippen LogP contribution in [0.15, 0.2) is 60.1 Å². The summed E-state index contributed by atoms with van der Waals surface area (Å²) in [6.45, 7) is 3.68. The second kappa shape index (κ2) is 9.64. The van der Waals surface area contributed by atoms with Gasteiger partial charge in [-0.3, -0.25) is 9.20 Å². The maximum absolute atomic E-state index is 13.0. The van der Waals surface area contributed by atoms with E-state index in [0.717, 1.165) is 33.9 Å². The zero-order valence-corrected chi connectivity index (χ0v) is 19.1. The van der Waals surface area contributed by atoms with Gasteiger partial charge < -0.3 is 9.64 Å². The Bertz CT molecular complexity index is 1170. The number of nitrogens with zero attached hydrogens (tertiary/aromatic N) is 3. The lowest BCUT2D eigenvalue weighted by molar-refractivity contribution is 0.0697. The number of carbonyl (C=O) groups is 1. The summed E-state index contributed by atoms with van der Waals surface area (Å²) in [6, 6.07) is 15.4. The number of aromatic nitrogens is 2. The molecule has 0 aliphatic carbocycles. The molecule has 7 heteroatoms. The van der Waals surface area contributed by atoms with Gasteiger partial charge in [0, 0.05) is 60.0 Å². The number of imidazole rings is 1. The molecule has 4 aromatic rings. The minimum atomic E-state index is 0.0241. The summed E-state index contributed by atoms with van der Waals surface area (Å²) >= 11 is 7.61. The first kappa shape index (κ1) is 21.6. The standard InChI is InChI=1S/C24H24ClN3O2S/c1-17-3-5-19(6-4-17)23(29)27(13-14-30-2)12-11-21-16-31-24-26-22(15-28(21)24)18-7-9-20(25)10-8-18/h3-10,15-16H,11-14H2,1-2H3. The number of aryl methyl sites for hydroxylation is 1. The van der Waals surface area contributed by atoms with E-state index in [1.807, 2.05) is 66.6 Å². The Hall–Kier alpha value is -2.67. The Morgan fingerprint density at radius 3 is 2.58 bits per heavy atom. The highest BCUT2D eigenvalue weighted by molar-refractivity contribution is 7.15. The molecule has 2 aromatic heterocycles. The van der Waals surface area contributed by atoms with Gasteiger partial charge in [-0.25, -0.2) is 4.98 Å². The molecule has 5 nitrogen and oxygen atoms in total. The average Bonchev–Trinajstić information content (AvgIpc) is 3.36. The number of benzene rings is 2. The topological polar surface area (TPSA) is 46.8 Å². The first-order valence-corrected chi connectivity index (χ1v) is 11.4. The Balaban J connectivity index is 1.51. The van der Waals surface area contributed by atoms with Crippen LogP contribution in [0.4, 0.5) is 0 Å². The van der Waals surface area contributed by atoms with Gasteiger partial charge >= 0.3 is 0 Å². The summed E-state index contributed by atoms with van der Waals surface area (Å²) in [5.41, 5.74) is 4.91. The van der Waals surface area contributed by atoms with Crippen molar-refractivity contribution in [2.24, 2.45) is 0 Å². The van der Waals surface area contributed by atoms with Gasteiger partial charge in [0.1, 0.15) is 0 Å². The van der Waals surface area contributed by atoms with Crippen LogP contribution in [-0.2, 0) is 11.2 Å². The van der Waals surface area contributed by atoms with E-state index in [9.17, 15) is 4.79 Å². The molecule has 160 valence electrons. The molecule has 2 heterocycles. The quantitative estimate of drug-likeness (QED) is 0.361. The van der Waals surface area contributed by atoms with Crippen molar-refractivity contribution in [1.29, 1.82) is 0 Å². The van der Waals surface area contributed by atoms with Crippen molar-refractivity contribution in [3.05, 3.63) is 82.0 Å². The number of carbonyl (C=O) groups excluding carboxylic acids is 1. The highest BCUT2D eigenvalue weighted by Crippen LogP contribution is 2.25. The molecule has 0 aliphatic heterocycles. The molecular formula is C24H24ClN3O2S. The third-order valence-electron chi connectivity index (χ3n) is 5.21. The first-order valence-electron chi connectivity index (χ1n) is 10.1. The van der Waals surface area contributed by atoms with Crippen molar-refractivity contribution in [3.63, 3.8) is 0 Å². The van der Waals surface area contributed by atoms with Crippen LogP contribution in [0, 0.1) is 6.92 Å². The summed E-state index contributed by atoms with van der Waals surface area (Å²) in [7, 11) is 1.65. The summed E-state index contributed by atoms with van der Waals surface area (Å²) in [5, 5.41) is 2.82. The van der Waals surface area contributed by atoms with E-state index >= 15 is 0 Å². The van der Waals surface area contributed by atoms with Crippen molar-refractivity contribution in [2.75, 3.05) is 26.8 Å². The summed E-state index contributed by atoms with van der Waals surface area (Å²) < 4.78 is 7.34. The molecule has 0 spiro atoms. The molecule has 31 heavy (non-hydrogen) atoms. The Morgan fingerprint density at radius 1 is 1.13 bits per heavy atom. The van der Waals surface area contributed by atoms with Crippen LogP contribution in [0.5, 0.6) is 0 Å². The monoisotopic (exact) mass is 453 g/mol. The van der Waals surface area contributed by atoms with E-state index < -0.39 is 0 Å². The fraction of sp³-hybridized carbons (Fsp3) is 0.250. The predicted molar refractivity (Wildman–Crippen MR) is 126 cm³/mol. The van der Waals surface area contributed by atoms with E-state index in [-0.39, 0.29) is 5.91 Å². The SMILES string of the molecule is COCCN(CCc1csc2nc(-c3ccc(Cl)cc3)cn12)C(=O)c1ccc(C)cc1. The van der Waals surface area contributed by atoms with Crippen molar-refractivity contribution < 1.29 is 9.53 Å². The third-order valence-corrected chi connectivity index (χ3v) is 6.35. The van der Waals surface area contributed by atoms with Crippen LogP contribution in [0.2, 0.25) is 5.02 Å². The smallest absolute Gasteiger partial charge is 0.253 e. The molecule has 0 radical (unpaired) electrons. The predicted octanol–water partition coefficient (Wildman–Crippen LogP) is 5.36. The zero-order chi connectivity index (χ0) is 21.8. The second-order valence-corrected chi connectivity index (χ2v) is 8.69. The number of thiazole rings is 1. The molecule has 0 fully saturated rings. The lowest BCUT2D eigenvalue weighted by atomic mass is 10.1. The Morgan fingerprint density at radius 2 is 1.87 bits per heavy atom. The lowest BCUT2D eigenvalue weighted by Gasteiger charge is -2.22. The Labute approximate surface area is 190 Å². The van der Waals surface area contributed by atoms with E-state index in [1.165, 1.54) is 0 Å². The Kier molecular flexibility index (Phi) is 6.70. The fourth-order valence-electron chi connectivity index (χ4n) is 3.41. The molecule has 1 amide bonds. The maximum atomic E-state index is 13.0. The van der Waals surface area contributed by atoms with Crippen LogP contribution in [0.25, 0.3) is 16.2 Å². The highest BCUT2D eigenvalue weighted by atomic mass is 35.5. The van der Waals surface area contributed by atoms with Crippen LogP contribution in [0.3, 0.4) is 0 Å². The molecule has 0 N–H and O–H groups in total. The number of halogens is 1. The molecule has 0 atom stereocenters. The van der Waals surface area contributed by atoms with Gasteiger partial charge in [-0.2, -0.15) is 0 Å². The molecule has 0 bridgehead atoms. The summed E-state index contributed by atoms with van der Waals surface area (Å²) in [6.07, 6.45) is 2.78. The number of methoxy groups -OCH3 is 1. The molecule has 0 aliphatic rings. The average molecular weight is 454 g/mol. The minimum Gasteiger partial charge on any atom is -0.383 e. The maximum Gasteiger partial charge on any atom is 0.253 e. The van der Waals surface area contributed by atoms with Gasteiger partial charge in [0.2, 0.25) is 0 Å². The van der Waals surface area contributed by atoms with E-state index in [1.54, 1.807) is 18.4 Å². The van der Waals surface area contributed by atoms with Crippen LogP contribution >= 0.6 is 22.9 Å². The largest absolute Gasteiger partial charge is 0.383 e. The molecule has 2 aromatic carbocycles. The van der Waals surface area contributed by atoms with E-state index in [2.05, 4.69) is 9.78 Å². The zero-order valence-electron chi connectivity index (χ0n) is 17.5. The number of fused-ring (bicyclic) bond motifs is 1. The van der Waals surface area contributed by atoms with Gasteiger partial charge in [-0.05, 0) is 31.2 Å². The normalized spacial score (nSPS) is 11.2. The van der Waals surface area contributed by atoms with Crippen molar-refractivity contribution >= 4 is 33.8 Å². The summed E-state index contributed by atoms with van der Waals surface area (Å²) in [5.74, 6) is 0.0241. The van der Waals surface area contributed by atoms with Gasteiger partial charge in [-0.1, -0.05) is 41.4 Å². The van der Waals surface area contributed by atoms with Crippen LogP contribution < -0.4 is 0 Å². The van der Waals surface area contributed by atoms with Crippen molar-refractivity contribution in [1.82, 2.24) is 14.3 Å². The third kappa shape index (κ3) is 4.98. The van der Waals surface area contributed by atoms with E-state index in [4.69, 9.17) is 21.3 Å². The number of amides is 1. The number of ether oxygens (including phenoxy) is 1. The molecule has 0 saturated heterocycles. The fourth-order valence-corrected chi connectivity index (χ4v) is 4.45. The number of hydrogen-bond donors (Lipinski definition) is 0. The van der Waals surface area contributed by atoms with Gasteiger partial charge in [0.25, 0.3) is 5.91 Å². The van der Waals surface area contributed by atoms with Crippen molar-refractivity contribution in [3.8, 4) is 11.3 Å². The van der Waals surface area contributed by atoms with Gasteiger partial charge in [0.05, 0.1) is 12.3 Å². The highest BCUT2D eigenvalue weighted by Gasteiger charge is 2.17. The van der Waals surface area contributed by atoms with Gasteiger partial charge in [0.15, 0.2) is 4.96 Å². The lowest BCUT2D eigenvalue weighted by Crippen LogP contribution is -2.35. The van der Waals surface area contributed by atoms with Crippen molar-refractivity contribution in [2.45, 2.75) is 13.3 Å². The van der Waals surface area contributed by atoms with Crippen LogP contribution in [-0.4, -0.2) is 47.0 Å². The molecular weight excluding hydrogens is 430 g/mol. The number of rotatable bonds is 8. The van der Waals surface area contributed by atoms with Gasteiger partial charge in [-0.15, -0.1) is 11.3 Å². The van der Waals surface area contributed by atoms with E-state index in [0.29, 0.717) is 30.3 Å². The molecule has 4 rings (SSSR count). The minimum absolute atomic E-state index is 0.0241. The second-order valence-electron chi connectivity index (χ2n) is 7.41. The molecule has 0 unspecified atom stereocenters. The molecule has 0 saturated carbocycles. The number of hydrogen-bond acceptors (Lipinski definition) is 4. The first-order chi connectivity index (χ1) is 15.0. The van der Waals surface area contributed by atoms with Crippen LogP contribution in [0.1, 0.15) is 21.6 Å².